The molecule has 2 heteroatoms. The summed E-state index contributed by atoms with van der Waals surface area (Å²) in [6.45, 7) is 9.32. The molecule has 0 aliphatic heterocycles. The van der Waals surface area contributed by atoms with Crippen LogP contribution in [0.5, 0.6) is 0 Å². The standard InChI is InChI=1S/C38H80ClP/c1-5-9-13-17-19-21-23-25-29-33-37-40(39,35-31-27-15-11-7-3,36-32-28-16-12-8-4)38-34-30-26-24-22-20-18-14-10-6-2/h5-38H2,1-4H3. The van der Waals surface area contributed by atoms with E-state index in [1.165, 1.54) is 217 Å². The molecule has 40 heavy (non-hydrogen) atoms. The third kappa shape index (κ3) is 25.2. The Morgan fingerprint density at radius 3 is 0.575 bits per heavy atom. The first kappa shape index (κ1) is 40.7. The molecule has 0 saturated carbocycles. The van der Waals surface area contributed by atoms with Crippen LogP contribution in [0.15, 0.2) is 0 Å². The zero-order valence-electron chi connectivity index (χ0n) is 28.9. The van der Waals surface area contributed by atoms with Crippen LogP contribution in [0.4, 0.5) is 0 Å². The maximum absolute atomic E-state index is 8.18. The monoisotopic (exact) mass is 603 g/mol. The predicted octanol–water partition coefficient (Wildman–Crippen LogP) is 15.5. The molecule has 0 N–H and O–H groups in total. The number of unbranched alkanes of at least 4 members (excludes halogenated alkanes) is 26. The molecule has 0 heterocycles. The van der Waals surface area contributed by atoms with Crippen LogP contribution in [0.3, 0.4) is 0 Å². The number of rotatable bonds is 34. The van der Waals surface area contributed by atoms with Gasteiger partial charge in [0, 0.05) is 0 Å². The van der Waals surface area contributed by atoms with Gasteiger partial charge in [0.1, 0.15) is 0 Å². The third-order valence-electron chi connectivity index (χ3n) is 9.78. The van der Waals surface area contributed by atoms with Gasteiger partial charge in [-0.15, -0.1) is 0 Å². The first-order chi connectivity index (χ1) is 19.5. The van der Waals surface area contributed by atoms with Crippen molar-refractivity contribution in [2.24, 2.45) is 0 Å². The second-order valence-corrected chi connectivity index (χ2v) is 22.2. The fourth-order valence-electron chi connectivity index (χ4n) is 6.88. The fourth-order valence-corrected chi connectivity index (χ4v) is 13.7. The van der Waals surface area contributed by atoms with Crippen molar-refractivity contribution >= 4 is 17.2 Å². The van der Waals surface area contributed by atoms with E-state index in [4.69, 9.17) is 11.2 Å². The molecule has 0 spiro atoms. The second-order valence-electron chi connectivity index (χ2n) is 13.9. The van der Waals surface area contributed by atoms with Gasteiger partial charge in [-0.05, 0) is 0 Å². The van der Waals surface area contributed by atoms with Crippen LogP contribution in [0.2, 0.25) is 0 Å². The van der Waals surface area contributed by atoms with Gasteiger partial charge in [0.15, 0.2) is 0 Å². The summed E-state index contributed by atoms with van der Waals surface area (Å²) < 4.78 is 0. The van der Waals surface area contributed by atoms with Gasteiger partial charge in [0.2, 0.25) is 0 Å². The molecule has 0 rings (SSSR count). The summed E-state index contributed by atoms with van der Waals surface area (Å²) in [5, 5.41) is 0. The minimum absolute atomic E-state index is 1.35. The second kappa shape index (κ2) is 29.8. The van der Waals surface area contributed by atoms with Crippen molar-refractivity contribution < 1.29 is 0 Å². The van der Waals surface area contributed by atoms with Gasteiger partial charge in [0.05, 0.1) is 0 Å². The zero-order chi connectivity index (χ0) is 29.5. The molecule has 244 valence electrons. The molecule has 0 fully saturated rings. The van der Waals surface area contributed by atoms with Crippen LogP contribution in [0, 0.1) is 0 Å². The van der Waals surface area contributed by atoms with Crippen molar-refractivity contribution in [3.05, 3.63) is 0 Å². The van der Waals surface area contributed by atoms with E-state index in [0.29, 0.717) is 0 Å². The summed E-state index contributed by atoms with van der Waals surface area (Å²) in [5.74, 6) is -2.12. The molecule has 0 unspecified atom stereocenters. The number of halogens is 1. The van der Waals surface area contributed by atoms with Crippen LogP contribution < -0.4 is 0 Å². The summed E-state index contributed by atoms with van der Waals surface area (Å²) in [6, 6.07) is 0. The molecule has 0 nitrogen and oxygen atoms in total. The van der Waals surface area contributed by atoms with Crippen LogP contribution in [-0.4, -0.2) is 24.6 Å². The Kier molecular flexibility index (Phi) is 30.3. The van der Waals surface area contributed by atoms with Gasteiger partial charge in [-0.1, -0.05) is 0 Å². The van der Waals surface area contributed by atoms with Crippen LogP contribution in [0.25, 0.3) is 0 Å². The molecular formula is C38H80ClP. The molecule has 0 aromatic heterocycles. The predicted molar refractivity (Wildman–Crippen MR) is 193 cm³/mol. The van der Waals surface area contributed by atoms with Gasteiger partial charge < -0.3 is 0 Å². The molecule has 0 aliphatic rings. The van der Waals surface area contributed by atoms with Crippen molar-refractivity contribution in [1.29, 1.82) is 0 Å². The van der Waals surface area contributed by atoms with E-state index in [1.807, 2.05) is 0 Å². The number of hydrogen-bond donors (Lipinski definition) is 0. The van der Waals surface area contributed by atoms with Crippen molar-refractivity contribution in [2.75, 3.05) is 24.6 Å². The summed E-state index contributed by atoms with van der Waals surface area (Å²) in [4.78, 5) is 0. The van der Waals surface area contributed by atoms with Crippen molar-refractivity contribution in [2.45, 2.75) is 220 Å². The van der Waals surface area contributed by atoms with Crippen LogP contribution in [-0.2, 0) is 0 Å². The fraction of sp³-hybridized carbons (Fsp3) is 1.00. The third-order valence-corrected chi connectivity index (χ3v) is 17.5. The van der Waals surface area contributed by atoms with E-state index >= 15 is 0 Å². The Morgan fingerprint density at radius 2 is 0.400 bits per heavy atom. The summed E-state index contributed by atoms with van der Waals surface area (Å²) >= 11 is 8.18. The molecule has 0 aromatic carbocycles. The zero-order valence-corrected chi connectivity index (χ0v) is 30.5. The molecular weight excluding hydrogens is 523 g/mol. The molecule has 0 aromatic rings. The molecule has 0 aliphatic carbocycles. The van der Waals surface area contributed by atoms with E-state index in [1.54, 1.807) is 0 Å². The number of hydrogen-bond acceptors (Lipinski definition) is 0. The van der Waals surface area contributed by atoms with Crippen LogP contribution >= 0.6 is 17.2 Å². The Hall–Kier alpha value is 0.720. The van der Waals surface area contributed by atoms with Crippen molar-refractivity contribution in [3.63, 3.8) is 0 Å². The van der Waals surface area contributed by atoms with E-state index < -0.39 is 5.96 Å². The van der Waals surface area contributed by atoms with Crippen molar-refractivity contribution in [3.8, 4) is 0 Å². The SMILES string of the molecule is CCCCCCCCCCCCP(Cl)(CCCCCCC)(CCCCCCC)CCCCCCCCCCCC. The van der Waals surface area contributed by atoms with E-state index in [9.17, 15) is 0 Å². The van der Waals surface area contributed by atoms with Gasteiger partial charge in [-0.3, -0.25) is 0 Å². The minimum atomic E-state index is -2.12. The average Bonchev–Trinajstić information content (AvgIpc) is 2.95. The molecule has 0 radical (unpaired) electrons. The van der Waals surface area contributed by atoms with E-state index in [-0.39, 0.29) is 0 Å². The van der Waals surface area contributed by atoms with Crippen LogP contribution in [0.1, 0.15) is 220 Å². The van der Waals surface area contributed by atoms with E-state index in [0.717, 1.165) is 0 Å². The Morgan fingerprint density at radius 1 is 0.250 bits per heavy atom. The van der Waals surface area contributed by atoms with Gasteiger partial charge >= 0.3 is 262 Å². The Labute approximate surface area is 261 Å². The summed E-state index contributed by atoms with van der Waals surface area (Å²) in [6.07, 6.45) is 48.4. The Bertz CT molecular complexity index is 448. The Balaban J connectivity index is 4.83. The van der Waals surface area contributed by atoms with Crippen molar-refractivity contribution in [1.82, 2.24) is 0 Å². The molecule has 0 bridgehead atoms. The topological polar surface area (TPSA) is 0 Å². The quantitative estimate of drug-likeness (QED) is 0.0507. The normalized spacial score (nSPS) is 13.1. The molecule has 0 atom stereocenters. The first-order valence-electron chi connectivity index (χ1n) is 19.3. The first-order valence-corrected chi connectivity index (χ1v) is 23.1. The molecule has 0 saturated heterocycles. The summed E-state index contributed by atoms with van der Waals surface area (Å²) in [7, 11) is 0. The van der Waals surface area contributed by atoms with Gasteiger partial charge in [-0.25, -0.2) is 0 Å². The molecule has 0 amide bonds. The van der Waals surface area contributed by atoms with Gasteiger partial charge in [-0.2, -0.15) is 0 Å². The average molecular weight is 603 g/mol. The van der Waals surface area contributed by atoms with Gasteiger partial charge in [0.25, 0.3) is 0 Å². The maximum atomic E-state index is 8.18. The van der Waals surface area contributed by atoms with E-state index in [2.05, 4.69) is 27.7 Å². The summed E-state index contributed by atoms with van der Waals surface area (Å²) in [5.41, 5.74) is 0.